The van der Waals surface area contributed by atoms with E-state index in [1.165, 1.54) is 24.0 Å². The van der Waals surface area contributed by atoms with E-state index in [1.807, 2.05) is 0 Å². The third-order valence-corrected chi connectivity index (χ3v) is 4.81. The number of halogens is 2. The van der Waals surface area contributed by atoms with E-state index in [0.29, 0.717) is 6.54 Å². The summed E-state index contributed by atoms with van der Waals surface area (Å²) in [6.45, 7) is 10.2. The van der Waals surface area contributed by atoms with Gasteiger partial charge in [-0.2, -0.15) is 0 Å². The zero-order valence-electron chi connectivity index (χ0n) is 16.1. The van der Waals surface area contributed by atoms with Crippen LogP contribution < -0.4 is 10.6 Å². The summed E-state index contributed by atoms with van der Waals surface area (Å²) in [4.78, 5) is 14.7. The van der Waals surface area contributed by atoms with Crippen molar-refractivity contribution in [3.8, 4) is 0 Å². The second-order valence-corrected chi connectivity index (χ2v) is 6.80. The zero-order chi connectivity index (χ0) is 17.2. The van der Waals surface area contributed by atoms with Crippen LogP contribution in [0.25, 0.3) is 0 Å². The van der Waals surface area contributed by atoms with Gasteiger partial charge < -0.3 is 10.6 Å². The molecule has 2 rings (SSSR count). The van der Waals surface area contributed by atoms with Crippen molar-refractivity contribution in [1.82, 2.24) is 15.5 Å². The van der Waals surface area contributed by atoms with Gasteiger partial charge in [0.2, 0.25) is 5.91 Å². The molecule has 150 valence electrons. The van der Waals surface area contributed by atoms with Gasteiger partial charge in [-0.3, -0.25) is 9.69 Å². The van der Waals surface area contributed by atoms with Gasteiger partial charge in [0.05, 0.1) is 5.92 Å². The van der Waals surface area contributed by atoms with Crippen molar-refractivity contribution >= 4 is 30.7 Å². The van der Waals surface area contributed by atoms with Crippen LogP contribution in [0.1, 0.15) is 50.7 Å². The zero-order valence-corrected chi connectivity index (χ0v) is 17.8. The topological polar surface area (TPSA) is 44.4 Å². The Balaban J connectivity index is 0.00000312. The third-order valence-electron chi connectivity index (χ3n) is 4.81. The molecule has 2 N–H and O–H groups in total. The number of benzene rings is 1. The molecule has 0 aromatic heterocycles. The number of rotatable bonds is 9. The maximum atomic E-state index is 12.2. The summed E-state index contributed by atoms with van der Waals surface area (Å²) in [5, 5.41) is 6.41. The molecule has 0 spiro atoms. The van der Waals surface area contributed by atoms with E-state index in [1.54, 1.807) is 0 Å². The molecule has 1 saturated heterocycles. The first-order valence-electron chi connectivity index (χ1n) is 9.51. The Labute approximate surface area is 171 Å². The maximum absolute atomic E-state index is 12.2. The minimum absolute atomic E-state index is 0. The van der Waals surface area contributed by atoms with E-state index >= 15 is 0 Å². The first kappa shape index (κ1) is 25.2. The van der Waals surface area contributed by atoms with Crippen LogP contribution in [-0.2, 0) is 17.9 Å². The fourth-order valence-corrected chi connectivity index (χ4v) is 3.24. The molecule has 1 aliphatic rings. The van der Waals surface area contributed by atoms with Gasteiger partial charge in [-0.1, -0.05) is 44.5 Å². The van der Waals surface area contributed by atoms with Crippen molar-refractivity contribution in [3.05, 3.63) is 35.4 Å². The van der Waals surface area contributed by atoms with Crippen molar-refractivity contribution < 1.29 is 4.79 Å². The first-order valence-corrected chi connectivity index (χ1v) is 9.51. The van der Waals surface area contributed by atoms with Gasteiger partial charge in [0, 0.05) is 19.6 Å². The molecule has 0 radical (unpaired) electrons. The average Bonchev–Trinajstić information content (AvgIpc) is 2.64. The quantitative estimate of drug-likeness (QED) is 0.659. The Morgan fingerprint density at radius 1 is 1.27 bits per heavy atom. The Morgan fingerprint density at radius 3 is 2.69 bits per heavy atom. The summed E-state index contributed by atoms with van der Waals surface area (Å²) >= 11 is 0. The number of nitrogens with one attached hydrogen (secondary N) is 2. The molecule has 4 nitrogen and oxygen atoms in total. The van der Waals surface area contributed by atoms with Crippen LogP contribution in [0.15, 0.2) is 24.3 Å². The van der Waals surface area contributed by atoms with Gasteiger partial charge in [-0.25, -0.2) is 0 Å². The fourth-order valence-electron chi connectivity index (χ4n) is 3.24. The molecule has 1 unspecified atom stereocenters. The number of carbonyl (C=O) groups excluding carboxylic acids is 1. The molecular weight excluding hydrogens is 369 g/mol. The third kappa shape index (κ3) is 8.72. The molecular formula is C20H35Cl2N3O. The number of hydrogen-bond acceptors (Lipinski definition) is 3. The molecule has 1 atom stereocenters. The van der Waals surface area contributed by atoms with Gasteiger partial charge >= 0.3 is 0 Å². The number of carbonyl (C=O) groups is 1. The van der Waals surface area contributed by atoms with Crippen LogP contribution in [0.2, 0.25) is 0 Å². The SMILES string of the molecule is CCCCN(CC)Cc1cccc(CNC(=O)C2CCCNC2)c1.Cl.Cl. The molecule has 26 heavy (non-hydrogen) atoms. The highest BCUT2D eigenvalue weighted by Crippen LogP contribution is 2.12. The molecule has 0 bridgehead atoms. The van der Waals surface area contributed by atoms with E-state index in [9.17, 15) is 4.79 Å². The minimum atomic E-state index is 0. The van der Waals surface area contributed by atoms with Crippen molar-refractivity contribution in [2.75, 3.05) is 26.2 Å². The highest BCUT2D eigenvalue weighted by molar-refractivity contribution is 5.85. The normalized spacial score (nSPS) is 16.5. The fraction of sp³-hybridized carbons (Fsp3) is 0.650. The van der Waals surface area contributed by atoms with Crippen molar-refractivity contribution in [2.24, 2.45) is 5.92 Å². The lowest BCUT2D eigenvalue weighted by Crippen LogP contribution is -2.40. The Kier molecular flexibility index (Phi) is 13.8. The molecule has 1 aromatic carbocycles. The van der Waals surface area contributed by atoms with E-state index < -0.39 is 0 Å². The number of amides is 1. The van der Waals surface area contributed by atoms with Crippen LogP contribution in [-0.4, -0.2) is 37.0 Å². The van der Waals surface area contributed by atoms with Crippen LogP contribution in [0.4, 0.5) is 0 Å². The lowest BCUT2D eigenvalue weighted by molar-refractivity contribution is -0.125. The van der Waals surface area contributed by atoms with E-state index in [2.05, 4.69) is 53.6 Å². The lowest BCUT2D eigenvalue weighted by Gasteiger charge is -2.22. The number of nitrogens with zero attached hydrogens (tertiary/aromatic N) is 1. The minimum Gasteiger partial charge on any atom is -0.352 e. The van der Waals surface area contributed by atoms with Gasteiger partial charge in [-0.05, 0) is 50.0 Å². The summed E-state index contributed by atoms with van der Waals surface area (Å²) in [6, 6.07) is 8.62. The van der Waals surface area contributed by atoms with Gasteiger partial charge in [0.25, 0.3) is 0 Å². The number of unbranched alkanes of at least 4 members (excludes halogenated alkanes) is 1. The van der Waals surface area contributed by atoms with E-state index in [4.69, 9.17) is 0 Å². The van der Waals surface area contributed by atoms with Gasteiger partial charge in [0.15, 0.2) is 0 Å². The van der Waals surface area contributed by atoms with Crippen molar-refractivity contribution in [2.45, 2.75) is 52.6 Å². The van der Waals surface area contributed by atoms with E-state index in [-0.39, 0.29) is 36.6 Å². The summed E-state index contributed by atoms with van der Waals surface area (Å²) in [6.07, 6.45) is 4.58. The van der Waals surface area contributed by atoms with Crippen molar-refractivity contribution in [3.63, 3.8) is 0 Å². The molecule has 1 aliphatic heterocycles. The van der Waals surface area contributed by atoms with Gasteiger partial charge in [-0.15, -0.1) is 24.8 Å². The predicted octanol–water partition coefficient (Wildman–Crippen LogP) is 3.77. The number of piperidine rings is 1. The largest absolute Gasteiger partial charge is 0.352 e. The highest BCUT2D eigenvalue weighted by atomic mass is 35.5. The van der Waals surface area contributed by atoms with Crippen LogP contribution in [0.5, 0.6) is 0 Å². The summed E-state index contributed by atoms with van der Waals surface area (Å²) < 4.78 is 0. The van der Waals surface area contributed by atoms with Gasteiger partial charge in [0.1, 0.15) is 0 Å². The summed E-state index contributed by atoms with van der Waals surface area (Å²) in [5.74, 6) is 0.317. The Bertz CT molecular complexity index is 508. The Hall–Kier alpha value is -0.810. The standard InChI is InChI=1S/C20H33N3O.2ClH/c1-3-5-12-23(4-2)16-18-9-6-8-17(13-18)14-22-20(24)19-10-7-11-21-15-19;;/h6,8-9,13,19,21H,3-5,7,10-12,14-16H2,1-2H3,(H,22,24);2*1H. The monoisotopic (exact) mass is 403 g/mol. The van der Waals surface area contributed by atoms with Crippen LogP contribution >= 0.6 is 24.8 Å². The maximum Gasteiger partial charge on any atom is 0.224 e. The molecule has 1 heterocycles. The van der Waals surface area contributed by atoms with Crippen LogP contribution in [0.3, 0.4) is 0 Å². The van der Waals surface area contributed by atoms with E-state index in [0.717, 1.165) is 45.6 Å². The second-order valence-electron chi connectivity index (χ2n) is 6.80. The second kappa shape index (κ2) is 14.3. The average molecular weight is 404 g/mol. The highest BCUT2D eigenvalue weighted by Gasteiger charge is 2.20. The molecule has 0 aliphatic carbocycles. The predicted molar refractivity (Wildman–Crippen MR) is 114 cm³/mol. The molecule has 1 amide bonds. The lowest BCUT2D eigenvalue weighted by atomic mass is 9.99. The summed E-state index contributed by atoms with van der Waals surface area (Å²) in [7, 11) is 0. The van der Waals surface area contributed by atoms with Crippen molar-refractivity contribution in [1.29, 1.82) is 0 Å². The molecule has 1 fully saturated rings. The molecule has 6 heteroatoms. The smallest absolute Gasteiger partial charge is 0.224 e. The molecule has 0 saturated carbocycles. The van der Waals surface area contributed by atoms with Crippen LogP contribution in [0, 0.1) is 5.92 Å². The first-order chi connectivity index (χ1) is 11.7. The summed E-state index contributed by atoms with van der Waals surface area (Å²) in [5.41, 5.74) is 2.52. The molecule has 1 aromatic rings. The Morgan fingerprint density at radius 2 is 2.04 bits per heavy atom. The number of hydrogen-bond donors (Lipinski definition) is 2.